The molecule has 40 heavy (non-hydrogen) atoms. The fourth-order valence-corrected chi connectivity index (χ4v) is 5.60. The van der Waals surface area contributed by atoms with Gasteiger partial charge in [0.1, 0.15) is 5.75 Å². The lowest BCUT2D eigenvalue weighted by Crippen LogP contribution is -2.27. The van der Waals surface area contributed by atoms with Crippen LogP contribution in [-0.2, 0) is 21.4 Å². The maximum atomic E-state index is 11.8. The van der Waals surface area contributed by atoms with Gasteiger partial charge >= 0.3 is 5.97 Å². The van der Waals surface area contributed by atoms with Crippen LogP contribution in [0.2, 0.25) is 0 Å². The number of hydrogen-bond acceptors (Lipinski definition) is 4. The summed E-state index contributed by atoms with van der Waals surface area (Å²) in [4.78, 5) is 11.8. The number of hydrogen-bond donors (Lipinski definition) is 1. The minimum absolute atomic E-state index is 0.133. The second-order valence-corrected chi connectivity index (χ2v) is 11.8. The van der Waals surface area contributed by atoms with Gasteiger partial charge in [0.2, 0.25) is 0 Å². The van der Waals surface area contributed by atoms with E-state index >= 15 is 0 Å². The van der Waals surface area contributed by atoms with E-state index in [-0.39, 0.29) is 17.9 Å². The van der Waals surface area contributed by atoms with Crippen LogP contribution in [0.1, 0.15) is 64.6 Å². The van der Waals surface area contributed by atoms with Gasteiger partial charge in [-0.05, 0) is 97.2 Å². The Morgan fingerprint density at radius 1 is 0.925 bits per heavy atom. The third kappa shape index (κ3) is 6.59. The zero-order chi connectivity index (χ0) is 28.1. The molecule has 1 fully saturated rings. The molecule has 0 saturated heterocycles. The number of esters is 1. The van der Waals surface area contributed by atoms with Gasteiger partial charge in [0.15, 0.2) is 0 Å². The Labute approximate surface area is 238 Å². The second kappa shape index (κ2) is 12.3. The Bertz CT molecular complexity index is 1420. The molecule has 3 aromatic carbocycles. The Morgan fingerprint density at radius 2 is 1.62 bits per heavy atom. The number of ether oxygens (including phenoxy) is 2. The Hall–Kier alpha value is -3.57. The van der Waals surface area contributed by atoms with E-state index in [1.54, 1.807) is 0 Å². The lowest BCUT2D eigenvalue weighted by Gasteiger charge is -2.19. The highest BCUT2D eigenvalue weighted by Crippen LogP contribution is 2.32. The molecule has 1 aliphatic carbocycles. The third-order valence-electron chi connectivity index (χ3n) is 7.79. The van der Waals surface area contributed by atoms with Gasteiger partial charge in [-0.2, -0.15) is 0 Å². The van der Waals surface area contributed by atoms with E-state index in [0.29, 0.717) is 19.3 Å². The van der Waals surface area contributed by atoms with Crippen molar-refractivity contribution in [3.05, 3.63) is 84.1 Å². The van der Waals surface area contributed by atoms with Gasteiger partial charge in [-0.3, -0.25) is 4.79 Å². The lowest BCUT2D eigenvalue weighted by molar-refractivity contribution is -0.141. The number of nitrogens with zero attached hydrogens (tertiary/aromatic N) is 1. The fraction of sp³-hybridized carbons (Fsp3) is 0.400. The molecule has 1 aliphatic rings. The van der Waals surface area contributed by atoms with E-state index < -0.39 is 0 Å². The maximum Gasteiger partial charge on any atom is 0.319 e. The van der Waals surface area contributed by atoms with Crippen LogP contribution in [0.15, 0.2) is 72.8 Å². The highest BCUT2D eigenvalue weighted by atomic mass is 16.5. The van der Waals surface area contributed by atoms with Crippen LogP contribution in [0, 0.1) is 0 Å². The first kappa shape index (κ1) is 28.0. The number of aromatic nitrogens is 1. The molecule has 1 aromatic heterocycles. The highest BCUT2D eigenvalue weighted by Gasteiger charge is 2.18. The van der Waals surface area contributed by atoms with Crippen molar-refractivity contribution >= 4 is 16.9 Å². The van der Waals surface area contributed by atoms with Gasteiger partial charge in [-0.15, -0.1) is 0 Å². The largest absolute Gasteiger partial charge is 0.490 e. The minimum atomic E-state index is -0.219. The quantitative estimate of drug-likeness (QED) is 0.167. The summed E-state index contributed by atoms with van der Waals surface area (Å²) in [6.07, 6.45) is 5.94. The molecule has 5 heteroatoms. The molecule has 1 N–H and O–H groups in total. The maximum absolute atomic E-state index is 11.8. The van der Waals surface area contributed by atoms with Crippen LogP contribution in [0.5, 0.6) is 5.75 Å². The van der Waals surface area contributed by atoms with Crippen LogP contribution < -0.4 is 10.1 Å². The van der Waals surface area contributed by atoms with Crippen LogP contribution in [0.25, 0.3) is 27.7 Å². The van der Waals surface area contributed by atoms with Crippen molar-refractivity contribution in [3.8, 4) is 22.6 Å². The molecule has 210 valence electrons. The van der Waals surface area contributed by atoms with E-state index in [2.05, 4.69) is 103 Å². The van der Waals surface area contributed by atoms with Crippen molar-refractivity contribution in [1.82, 2.24) is 9.88 Å². The first-order chi connectivity index (χ1) is 19.3. The molecule has 0 atom stereocenters. The normalized spacial score (nSPS) is 14.1. The monoisotopic (exact) mass is 538 g/mol. The lowest BCUT2D eigenvalue weighted by atomic mass is 9.86. The number of carbonyl (C=O) groups is 1. The summed E-state index contributed by atoms with van der Waals surface area (Å²) >= 11 is 0. The van der Waals surface area contributed by atoms with E-state index in [1.807, 2.05) is 6.92 Å². The smallest absolute Gasteiger partial charge is 0.319 e. The van der Waals surface area contributed by atoms with Gasteiger partial charge in [0, 0.05) is 29.7 Å². The molecule has 1 heterocycles. The van der Waals surface area contributed by atoms with Crippen molar-refractivity contribution in [2.24, 2.45) is 0 Å². The van der Waals surface area contributed by atoms with Gasteiger partial charge in [-0.1, -0.05) is 51.1 Å². The average Bonchev–Trinajstić information content (AvgIpc) is 3.58. The van der Waals surface area contributed by atoms with Gasteiger partial charge in [0.05, 0.1) is 24.8 Å². The summed E-state index contributed by atoms with van der Waals surface area (Å²) in [5.74, 6) is 0.716. The summed E-state index contributed by atoms with van der Waals surface area (Å²) in [6.45, 7) is 9.85. The van der Waals surface area contributed by atoms with Crippen LogP contribution in [0.3, 0.4) is 0 Å². The van der Waals surface area contributed by atoms with Crippen molar-refractivity contribution in [2.75, 3.05) is 19.7 Å². The fourth-order valence-electron chi connectivity index (χ4n) is 5.60. The molecule has 1 saturated carbocycles. The molecule has 0 unspecified atom stereocenters. The Morgan fingerprint density at radius 3 is 2.30 bits per heavy atom. The highest BCUT2D eigenvalue weighted by molar-refractivity contribution is 5.88. The Balaban J connectivity index is 1.43. The molecule has 0 amide bonds. The summed E-state index contributed by atoms with van der Waals surface area (Å²) < 4.78 is 13.6. The number of fused-ring (bicyclic) bond motifs is 1. The molecule has 0 spiro atoms. The molecule has 0 radical (unpaired) electrons. The second-order valence-electron chi connectivity index (χ2n) is 11.8. The standard InChI is InChI=1S/C35H42N2O3/c1-5-39-34(38)24-36-21-20-30-23-27-22-26(25-10-13-28(14-11-25)35(2,3)4)12-19-33(27)37(30)29-15-17-32(18-16-29)40-31-8-6-7-9-31/h10-19,22-23,31,36H,5-9,20-21,24H2,1-4H3. The molecule has 5 rings (SSSR count). The molecule has 0 bridgehead atoms. The number of carbonyl (C=O) groups excluding carboxylic acids is 1. The number of nitrogens with one attached hydrogen (secondary N) is 1. The number of rotatable bonds is 10. The first-order valence-corrected chi connectivity index (χ1v) is 14.7. The Kier molecular flexibility index (Phi) is 8.60. The predicted octanol–water partition coefficient (Wildman–Crippen LogP) is 7.61. The van der Waals surface area contributed by atoms with Crippen molar-refractivity contribution in [1.29, 1.82) is 0 Å². The van der Waals surface area contributed by atoms with E-state index in [0.717, 1.165) is 30.7 Å². The zero-order valence-corrected chi connectivity index (χ0v) is 24.3. The van der Waals surface area contributed by atoms with Gasteiger partial charge < -0.3 is 19.4 Å². The predicted molar refractivity (Wildman–Crippen MR) is 164 cm³/mol. The molecule has 4 aromatic rings. The summed E-state index contributed by atoms with van der Waals surface area (Å²) in [7, 11) is 0. The average molecular weight is 539 g/mol. The van der Waals surface area contributed by atoms with Crippen LogP contribution in [-0.4, -0.2) is 36.3 Å². The minimum Gasteiger partial charge on any atom is -0.490 e. The van der Waals surface area contributed by atoms with Crippen molar-refractivity contribution in [3.63, 3.8) is 0 Å². The van der Waals surface area contributed by atoms with E-state index in [4.69, 9.17) is 9.47 Å². The third-order valence-corrected chi connectivity index (χ3v) is 7.79. The van der Waals surface area contributed by atoms with Crippen LogP contribution >= 0.6 is 0 Å². The summed E-state index contributed by atoms with van der Waals surface area (Å²) in [5.41, 5.74) is 7.35. The van der Waals surface area contributed by atoms with Crippen LogP contribution in [0.4, 0.5) is 0 Å². The van der Waals surface area contributed by atoms with Crippen molar-refractivity contribution < 1.29 is 14.3 Å². The molecular formula is C35H42N2O3. The first-order valence-electron chi connectivity index (χ1n) is 14.7. The number of benzene rings is 3. The molecule has 0 aliphatic heterocycles. The summed E-state index contributed by atoms with van der Waals surface area (Å²) in [6, 6.07) is 26.4. The van der Waals surface area contributed by atoms with Gasteiger partial charge in [0.25, 0.3) is 0 Å². The molecule has 5 nitrogen and oxygen atoms in total. The molecular weight excluding hydrogens is 496 g/mol. The zero-order valence-electron chi connectivity index (χ0n) is 24.3. The summed E-state index contributed by atoms with van der Waals surface area (Å²) in [5, 5.41) is 4.44. The van der Waals surface area contributed by atoms with E-state index in [9.17, 15) is 4.79 Å². The van der Waals surface area contributed by atoms with Gasteiger partial charge in [-0.25, -0.2) is 0 Å². The van der Waals surface area contributed by atoms with E-state index in [1.165, 1.54) is 46.1 Å². The topological polar surface area (TPSA) is 52.5 Å². The van der Waals surface area contributed by atoms with Crippen molar-refractivity contribution in [2.45, 2.75) is 71.3 Å². The SMILES string of the molecule is CCOC(=O)CNCCc1cc2cc(-c3ccc(C(C)(C)C)cc3)ccc2n1-c1ccc(OC2CCCC2)cc1.